The fraction of sp³-hybridized carbons (Fsp3) is 0.312. The second kappa shape index (κ2) is 6.39. The van der Waals surface area contributed by atoms with E-state index in [4.69, 9.17) is 11.6 Å². The van der Waals surface area contributed by atoms with Crippen molar-refractivity contribution in [2.45, 2.75) is 19.9 Å². The molecule has 0 unspecified atom stereocenters. The van der Waals surface area contributed by atoms with Gasteiger partial charge in [0.25, 0.3) is 0 Å². The van der Waals surface area contributed by atoms with E-state index in [1.54, 1.807) is 11.3 Å². The van der Waals surface area contributed by atoms with Crippen LogP contribution >= 0.6 is 22.9 Å². The minimum atomic E-state index is 0.0292. The zero-order chi connectivity index (χ0) is 16.6. The number of aryl methyl sites for hydroxylation is 2. The lowest BCUT2D eigenvalue weighted by atomic mass is 10.1. The Morgan fingerprint density at radius 1 is 1.13 bits per heavy atom. The Hall–Kier alpha value is -1.76. The van der Waals surface area contributed by atoms with Crippen LogP contribution in [0.25, 0.3) is 5.69 Å². The fourth-order valence-corrected chi connectivity index (χ4v) is 4.11. The predicted octanol–water partition coefficient (Wildman–Crippen LogP) is 2.23. The number of hydrogen-bond donors (Lipinski definition) is 1. The Kier molecular flexibility index (Phi) is 4.48. The maximum atomic E-state index is 6.13. The first kappa shape index (κ1) is 16.1. The molecular formula is C16H19ClN5S+. The molecule has 5 nitrogen and oxygen atoms in total. The van der Waals surface area contributed by atoms with Gasteiger partial charge in [-0.15, -0.1) is 16.4 Å². The highest BCUT2D eigenvalue weighted by Crippen LogP contribution is 2.29. The minimum Gasteiger partial charge on any atom is -0.326 e. The summed E-state index contributed by atoms with van der Waals surface area (Å²) in [5.74, 6) is 0.820. The average molecular weight is 349 g/mol. The van der Waals surface area contributed by atoms with Crippen LogP contribution in [-0.2, 0) is 0 Å². The molecule has 1 atom stereocenters. The summed E-state index contributed by atoms with van der Waals surface area (Å²) in [6.07, 6.45) is 0. The van der Waals surface area contributed by atoms with E-state index >= 15 is 0 Å². The number of para-hydroxylation sites is 1. The molecule has 1 N–H and O–H groups in total. The Bertz CT molecular complexity index is 803. The van der Waals surface area contributed by atoms with Crippen LogP contribution in [0.5, 0.6) is 0 Å². The second-order valence-electron chi connectivity index (χ2n) is 5.84. The van der Waals surface area contributed by atoms with Gasteiger partial charge in [0.1, 0.15) is 0 Å². The second-order valence-corrected chi connectivity index (χ2v) is 7.59. The Morgan fingerprint density at radius 3 is 2.39 bits per heavy atom. The molecule has 0 spiro atoms. The molecule has 3 aromatic rings. The molecule has 0 aliphatic rings. The first-order valence-corrected chi connectivity index (χ1v) is 8.58. The summed E-state index contributed by atoms with van der Waals surface area (Å²) in [6, 6.07) is 10.2. The Balaban J connectivity index is 2.16. The number of halogens is 1. The molecule has 120 valence electrons. The van der Waals surface area contributed by atoms with Crippen LogP contribution in [0.15, 0.2) is 30.3 Å². The zero-order valence-electron chi connectivity index (χ0n) is 13.5. The lowest BCUT2D eigenvalue weighted by molar-refractivity contribution is -0.886. The molecule has 0 bridgehead atoms. The van der Waals surface area contributed by atoms with Crippen LogP contribution in [0.2, 0.25) is 4.34 Å². The van der Waals surface area contributed by atoms with Gasteiger partial charge in [0.15, 0.2) is 6.04 Å². The van der Waals surface area contributed by atoms with Crippen molar-refractivity contribution in [2.75, 3.05) is 14.1 Å². The third-order valence-corrected chi connectivity index (χ3v) is 5.15. The van der Waals surface area contributed by atoms with Crippen LogP contribution in [0.1, 0.15) is 27.9 Å². The van der Waals surface area contributed by atoms with Crippen LogP contribution < -0.4 is 4.90 Å². The van der Waals surface area contributed by atoms with Gasteiger partial charge in [-0.3, -0.25) is 0 Å². The van der Waals surface area contributed by atoms with E-state index < -0.39 is 0 Å². The maximum Gasteiger partial charge on any atom is 0.219 e. The van der Waals surface area contributed by atoms with E-state index in [9.17, 15) is 0 Å². The van der Waals surface area contributed by atoms with E-state index in [1.165, 1.54) is 4.90 Å². The molecule has 0 saturated heterocycles. The van der Waals surface area contributed by atoms with Crippen LogP contribution in [0.4, 0.5) is 0 Å². The van der Waals surface area contributed by atoms with Crippen molar-refractivity contribution >= 4 is 22.9 Å². The molecule has 1 aromatic carbocycles. The zero-order valence-corrected chi connectivity index (χ0v) is 15.1. The minimum absolute atomic E-state index is 0.0292. The molecule has 0 aliphatic heterocycles. The summed E-state index contributed by atoms with van der Waals surface area (Å²) in [5, 5.41) is 12.5. The lowest BCUT2D eigenvalue weighted by Crippen LogP contribution is -3.06. The van der Waals surface area contributed by atoms with Crippen molar-refractivity contribution < 1.29 is 4.90 Å². The van der Waals surface area contributed by atoms with Gasteiger partial charge >= 0.3 is 0 Å². The average Bonchev–Trinajstić information content (AvgIpc) is 3.09. The number of tetrazole rings is 1. The summed E-state index contributed by atoms with van der Waals surface area (Å²) in [6.45, 7) is 4.15. The summed E-state index contributed by atoms with van der Waals surface area (Å²) >= 11 is 7.70. The standard InChI is InChI=1S/C16H18ClN5S/c1-10-6-5-7-11(2)14(10)22-16(18-19-20-22)15(21(3)4)12-8-9-13(17)23-12/h5-9,15H,1-4H3/p+1/t15-/m1/s1. The van der Waals surface area contributed by atoms with Crippen molar-refractivity contribution in [1.82, 2.24) is 20.2 Å². The number of benzene rings is 1. The van der Waals surface area contributed by atoms with Gasteiger partial charge < -0.3 is 4.90 Å². The number of quaternary nitrogens is 1. The van der Waals surface area contributed by atoms with E-state index in [2.05, 4.69) is 55.6 Å². The van der Waals surface area contributed by atoms with Crippen molar-refractivity contribution in [3.8, 4) is 5.69 Å². The van der Waals surface area contributed by atoms with Gasteiger partial charge in [-0.1, -0.05) is 29.8 Å². The number of hydrogen-bond acceptors (Lipinski definition) is 4. The van der Waals surface area contributed by atoms with Gasteiger partial charge in [-0.25, -0.2) is 0 Å². The molecule has 2 aromatic heterocycles. The normalized spacial score (nSPS) is 12.8. The molecule has 2 heterocycles. The molecule has 0 aliphatic carbocycles. The summed E-state index contributed by atoms with van der Waals surface area (Å²) in [7, 11) is 4.20. The molecule has 0 saturated carbocycles. The quantitative estimate of drug-likeness (QED) is 0.786. The summed E-state index contributed by atoms with van der Waals surface area (Å²) in [5.41, 5.74) is 3.34. The SMILES string of the molecule is Cc1cccc(C)c1-n1nnnc1[C@@H](c1ccc(Cl)s1)[NH+](C)C. The summed E-state index contributed by atoms with van der Waals surface area (Å²) in [4.78, 5) is 2.38. The number of aromatic nitrogens is 4. The van der Waals surface area contributed by atoms with Gasteiger partial charge in [-0.2, -0.15) is 4.68 Å². The van der Waals surface area contributed by atoms with Crippen molar-refractivity contribution in [3.63, 3.8) is 0 Å². The van der Waals surface area contributed by atoms with Gasteiger partial charge in [0, 0.05) is 0 Å². The van der Waals surface area contributed by atoms with Gasteiger partial charge in [0.2, 0.25) is 5.82 Å². The van der Waals surface area contributed by atoms with E-state index in [1.807, 2.05) is 22.9 Å². The smallest absolute Gasteiger partial charge is 0.219 e. The Morgan fingerprint density at radius 2 is 1.83 bits per heavy atom. The molecule has 0 fully saturated rings. The maximum absolute atomic E-state index is 6.13. The number of nitrogens with zero attached hydrogens (tertiary/aromatic N) is 4. The van der Waals surface area contributed by atoms with E-state index in [0.717, 1.165) is 31.9 Å². The number of rotatable bonds is 4. The lowest BCUT2D eigenvalue weighted by Gasteiger charge is -2.20. The van der Waals surface area contributed by atoms with Crippen LogP contribution in [0, 0.1) is 13.8 Å². The summed E-state index contributed by atoms with van der Waals surface area (Å²) < 4.78 is 2.63. The van der Waals surface area contributed by atoms with E-state index in [-0.39, 0.29) is 6.04 Å². The van der Waals surface area contributed by atoms with Crippen molar-refractivity contribution in [3.05, 3.63) is 56.5 Å². The van der Waals surface area contributed by atoms with Crippen LogP contribution in [0.3, 0.4) is 0 Å². The molecular weight excluding hydrogens is 330 g/mol. The molecule has 0 amide bonds. The first-order valence-electron chi connectivity index (χ1n) is 7.39. The van der Waals surface area contributed by atoms with Gasteiger partial charge in [-0.05, 0) is 47.5 Å². The monoisotopic (exact) mass is 348 g/mol. The van der Waals surface area contributed by atoms with E-state index in [0.29, 0.717) is 0 Å². The highest BCUT2D eigenvalue weighted by atomic mass is 35.5. The third-order valence-electron chi connectivity index (χ3n) is 3.86. The molecule has 3 rings (SSSR count). The fourth-order valence-electron chi connectivity index (χ4n) is 2.83. The number of nitrogens with one attached hydrogen (secondary N) is 1. The largest absolute Gasteiger partial charge is 0.326 e. The molecule has 7 heteroatoms. The molecule has 23 heavy (non-hydrogen) atoms. The predicted molar refractivity (Wildman–Crippen MR) is 92.6 cm³/mol. The number of thiophene rings is 1. The third kappa shape index (κ3) is 3.02. The van der Waals surface area contributed by atoms with Crippen molar-refractivity contribution in [2.24, 2.45) is 0 Å². The topological polar surface area (TPSA) is 48.0 Å². The van der Waals surface area contributed by atoms with Crippen molar-refractivity contribution in [1.29, 1.82) is 0 Å². The van der Waals surface area contributed by atoms with Gasteiger partial charge in [0.05, 0.1) is 29.0 Å². The van der Waals surface area contributed by atoms with Crippen LogP contribution in [-0.4, -0.2) is 34.3 Å². The first-order chi connectivity index (χ1) is 11.0. The highest BCUT2D eigenvalue weighted by Gasteiger charge is 2.29. The Labute approximate surface area is 144 Å². The highest BCUT2D eigenvalue weighted by molar-refractivity contribution is 7.16. The molecule has 0 radical (unpaired) electrons.